The van der Waals surface area contributed by atoms with Gasteiger partial charge in [-0.25, -0.2) is 0 Å². The lowest BCUT2D eigenvalue weighted by Crippen LogP contribution is -2.27. The molecule has 1 aliphatic carbocycles. The number of hydrogen-bond acceptors (Lipinski definition) is 3. The summed E-state index contributed by atoms with van der Waals surface area (Å²) >= 11 is 0. The van der Waals surface area contributed by atoms with Gasteiger partial charge in [0.25, 0.3) is 0 Å². The van der Waals surface area contributed by atoms with Gasteiger partial charge in [0, 0.05) is 44.7 Å². The van der Waals surface area contributed by atoms with Gasteiger partial charge >= 0.3 is 0 Å². The molecule has 0 bridgehead atoms. The van der Waals surface area contributed by atoms with Gasteiger partial charge in [-0.1, -0.05) is 0 Å². The van der Waals surface area contributed by atoms with Gasteiger partial charge in [-0.05, 0) is 19.8 Å². The maximum Gasteiger partial charge on any atom is 0.170 e. The molecule has 1 atom stereocenters. The zero-order valence-corrected chi connectivity index (χ0v) is 10.9. The van der Waals surface area contributed by atoms with Gasteiger partial charge in [0.1, 0.15) is 0 Å². The van der Waals surface area contributed by atoms with E-state index in [0.717, 1.165) is 24.0 Å². The van der Waals surface area contributed by atoms with Crippen LogP contribution in [0.4, 0.5) is 0 Å². The Morgan fingerprint density at radius 1 is 1.53 bits per heavy atom. The topological polar surface area (TPSA) is 38.1 Å². The van der Waals surface area contributed by atoms with E-state index in [1.165, 1.54) is 0 Å². The van der Waals surface area contributed by atoms with Gasteiger partial charge in [-0.2, -0.15) is 5.10 Å². The molecule has 17 heavy (non-hydrogen) atoms. The van der Waals surface area contributed by atoms with E-state index >= 15 is 0 Å². The first-order chi connectivity index (χ1) is 7.93. The minimum Gasteiger partial charge on any atom is -0.383 e. The van der Waals surface area contributed by atoms with Crippen LogP contribution in [0.3, 0.4) is 0 Å². The fourth-order valence-electron chi connectivity index (χ4n) is 2.38. The molecule has 1 aliphatic rings. The smallest absolute Gasteiger partial charge is 0.170 e. The van der Waals surface area contributed by atoms with Gasteiger partial charge in [0.2, 0.25) is 0 Å². The van der Waals surface area contributed by atoms with Crippen LogP contribution in [0.15, 0.2) is 24.2 Å². The van der Waals surface area contributed by atoms with Gasteiger partial charge in [0.05, 0.1) is 11.6 Å². The zero-order chi connectivity index (χ0) is 12.6. The van der Waals surface area contributed by atoms with Gasteiger partial charge < -0.3 is 4.90 Å². The lowest BCUT2D eigenvalue weighted by molar-refractivity contribution is -0.118. The van der Waals surface area contributed by atoms with Crippen molar-refractivity contribution >= 4 is 5.78 Å². The number of carbonyl (C=O) groups is 1. The molecule has 0 aliphatic heterocycles. The molecule has 0 aromatic carbocycles. The summed E-state index contributed by atoms with van der Waals surface area (Å²) in [5.41, 5.74) is 1.55. The van der Waals surface area contributed by atoms with Crippen molar-refractivity contribution in [1.29, 1.82) is 0 Å². The van der Waals surface area contributed by atoms with Crippen molar-refractivity contribution in [1.82, 2.24) is 14.7 Å². The standard InChI is InChI=1S/C13H19N3O/c1-13(11-7-14-16(4)9-11)6-5-10(12(13)17)8-15(2)3/h7-9H,5-6H2,1-4H3/b10-8-. The Balaban J connectivity index is 2.33. The van der Waals surface area contributed by atoms with Gasteiger partial charge in [-0.3, -0.25) is 9.48 Å². The first-order valence-corrected chi connectivity index (χ1v) is 5.84. The predicted octanol–water partition coefficient (Wildman–Crippen LogP) is 1.49. The summed E-state index contributed by atoms with van der Waals surface area (Å²) in [6, 6.07) is 0. The SMILES string of the molecule is CN(C)/C=C1/CCC(C)(c2cnn(C)c2)C1=O. The Labute approximate surface area is 102 Å². The van der Waals surface area contributed by atoms with E-state index < -0.39 is 5.41 Å². The molecule has 1 unspecified atom stereocenters. The van der Waals surface area contributed by atoms with Crippen LogP contribution in [0.25, 0.3) is 0 Å². The highest BCUT2D eigenvalue weighted by molar-refractivity contribution is 6.05. The van der Waals surface area contributed by atoms with Crippen molar-refractivity contribution in [2.24, 2.45) is 7.05 Å². The number of aromatic nitrogens is 2. The predicted molar refractivity (Wildman–Crippen MR) is 66.6 cm³/mol. The Kier molecular flexibility index (Phi) is 2.81. The Hall–Kier alpha value is -1.58. The molecule has 4 heteroatoms. The quantitative estimate of drug-likeness (QED) is 0.726. The summed E-state index contributed by atoms with van der Waals surface area (Å²) in [5, 5.41) is 4.16. The number of Topliss-reactive ketones (excluding diaryl/α,β-unsaturated/α-hetero) is 1. The average molecular weight is 233 g/mol. The van der Waals surface area contributed by atoms with Crippen molar-refractivity contribution in [3.8, 4) is 0 Å². The van der Waals surface area contributed by atoms with Crippen LogP contribution in [0.1, 0.15) is 25.3 Å². The summed E-state index contributed by atoms with van der Waals surface area (Å²) < 4.78 is 1.75. The maximum atomic E-state index is 12.4. The summed E-state index contributed by atoms with van der Waals surface area (Å²) in [5.74, 6) is 0.235. The van der Waals surface area contributed by atoms with Crippen LogP contribution in [0.2, 0.25) is 0 Å². The van der Waals surface area contributed by atoms with Crippen LogP contribution in [0.5, 0.6) is 0 Å². The van der Waals surface area contributed by atoms with E-state index in [2.05, 4.69) is 5.10 Å². The molecule has 2 rings (SSSR count). The number of nitrogens with zero attached hydrogens (tertiary/aromatic N) is 3. The maximum absolute atomic E-state index is 12.4. The van der Waals surface area contributed by atoms with E-state index in [4.69, 9.17) is 0 Å². The monoisotopic (exact) mass is 233 g/mol. The summed E-state index contributed by atoms with van der Waals surface area (Å²) in [6.45, 7) is 2.02. The summed E-state index contributed by atoms with van der Waals surface area (Å²) in [4.78, 5) is 14.4. The fourth-order valence-corrected chi connectivity index (χ4v) is 2.38. The van der Waals surface area contributed by atoms with Crippen molar-refractivity contribution in [3.05, 3.63) is 29.7 Å². The van der Waals surface area contributed by atoms with Crippen LogP contribution in [-0.2, 0) is 17.3 Å². The number of hydrogen-bond donors (Lipinski definition) is 0. The fraction of sp³-hybridized carbons (Fsp3) is 0.538. The third-order valence-electron chi connectivity index (χ3n) is 3.44. The minimum absolute atomic E-state index is 0.235. The minimum atomic E-state index is -0.393. The van der Waals surface area contributed by atoms with E-state index in [-0.39, 0.29) is 5.78 Å². The first-order valence-electron chi connectivity index (χ1n) is 5.84. The summed E-state index contributed by atoms with van der Waals surface area (Å²) in [6.07, 6.45) is 7.40. The number of allylic oxidation sites excluding steroid dienone is 1. The molecular formula is C13H19N3O. The van der Waals surface area contributed by atoms with Crippen molar-refractivity contribution < 1.29 is 4.79 Å². The second-order valence-corrected chi connectivity index (χ2v) is 5.18. The van der Waals surface area contributed by atoms with Gasteiger partial charge in [0.15, 0.2) is 5.78 Å². The molecule has 1 fully saturated rings. The highest BCUT2D eigenvalue weighted by Gasteiger charge is 2.42. The molecule has 92 valence electrons. The van der Waals surface area contributed by atoms with E-state index in [1.807, 2.05) is 45.4 Å². The average Bonchev–Trinajstić information content (AvgIpc) is 2.78. The molecule has 1 heterocycles. The second-order valence-electron chi connectivity index (χ2n) is 5.18. The van der Waals surface area contributed by atoms with Crippen molar-refractivity contribution in [2.45, 2.75) is 25.2 Å². The van der Waals surface area contributed by atoms with Crippen LogP contribution in [-0.4, -0.2) is 34.6 Å². The van der Waals surface area contributed by atoms with Gasteiger partial charge in [-0.15, -0.1) is 0 Å². The van der Waals surface area contributed by atoms with E-state index in [0.29, 0.717) is 0 Å². The molecule has 0 radical (unpaired) electrons. The lowest BCUT2D eigenvalue weighted by atomic mass is 9.82. The lowest BCUT2D eigenvalue weighted by Gasteiger charge is -2.19. The molecule has 0 N–H and O–H groups in total. The van der Waals surface area contributed by atoms with E-state index in [9.17, 15) is 4.79 Å². The number of ketones is 1. The highest BCUT2D eigenvalue weighted by Crippen LogP contribution is 2.40. The molecule has 0 spiro atoms. The second kappa shape index (κ2) is 4.02. The largest absolute Gasteiger partial charge is 0.383 e. The molecule has 1 aromatic heterocycles. The number of aryl methyl sites for hydroxylation is 1. The first kappa shape index (κ1) is 11.9. The number of rotatable bonds is 2. The van der Waals surface area contributed by atoms with Crippen molar-refractivity contribution in [3.63, 3.8) is 0 Å². The Morgan fingerprint density at radius 2 is 2.24 bits per heavy atom. The number of carbonyl (C=O) groups excluding carboxylic acids is 1. The third kappa shape index (κ3) is 1.99. The van der Waals surface area contributed by atoms with E-state index in [1.54, 1.807) is 10.9 Å². The third-order valence-corrected chi connectivity index (χ3v) is 3.44. The summed E-state index contributed by atoms with van der Waals surface area (Å²) in [7, 11) is 5.77. The van der Waals surface area contributed by atoms with Crippen LogP contribution < -0.4 is 0 Å². The van der Waals surface area contributed by atoms with Crippen LogP contribution >= 0.6 is 0 Å². The molecule has 1 aromatic rings. The highest BCUT2D eigenvalue weighted by atomic mass is 16.1. The molecule has 4 nitrogen and oxygen atoms in total. The Bertz CT molecular complexity index is 473. The molecular weight excluding hydrogens is 214 g/mol. The zero-order valence-electron chi connectivity index (χ0n) is 10.9. The Morgan fingerprint density at radius 3 is 2.76 bits per heavy atom. The molecule has 1 saturated carbocycles. The molecule has 0 amide bonds. The molecule has 0 saturated heterocycles. The van der Waals surface area contributed by atoms with Crippen molar-refractivity contribution in [2.75, 3.05) is 14.1 Å². The van der Waals surface area contributed by atoms with Crippen LogP contribution in [0, 0.1) is 0 Å². The normalized spacial score (nSPS) is 26.8.